The van der Waals surface area contributed by atoms with Crippen LogP contribution in [0.25, 0.3) is 11.3 Å². The van der Waals surface area contributed by atoms with Gasteiger partial charge in [0.2, 0.25) is 0 Å². The van der Waals surface area contributed by atoms with Crippen LogP contribution in [0.4, 0.5) is 16.0 Å². The molecule has 2 aliphatic rings. The van der Waals surface area contributed by atoms with Gasteiger partial charge in [0.05, 0.1) is 16.8 Å². The molecular weight excluding hydrogens is 483 g/mol. The topological polar surface area (TPSA) is 115 Å². The quantitative estimate of drug-likeness (QED) is 0.282. The first kappa shape index (κ1) is 26.7. The second kappa shape index (κ2) is 12.8. The molecule has 1 unspecified atom stereocenters. The second-order valence-electron chi connectivity index (χ2n) is 9.84. The molecule has 3 heterocycles. The van der Waals surface area contributed by atoms with Crippen molar-refractivity contribution in [1.82, 2.24) is 15.3 Å². The van der Waals surface area contributed by atoms with Crippen molar-refractivity contribution in [2.45, 2.75) is 56.7 Å². The van der Waals surface area contributed by atoms with Crippen LogP contribution >= 0.6 is 11.6 Å². The van der Waals surface area contributed by atoms with Crippen molar-refractivity contribution in [3.63, 3.8) is 0 Å². The fourth-order valence-corrected chi connectivity index (χ4v) is 5.02. The van der Waals surface area contributed by atoms with E-state index in [2.05, 4.69) is 20.9 Å². The number of nitrogens with zero attached hydrogens (tertiary/aromatic N) is 2. The smallest absolute Gasteiger partial charge is 0.126 e. The van der Waals surface area contributed by atoms with Gasteiger partial charge in [0.1, 0.15) is 18.3 Å². The molecular formula is C26H36ClFN6O2. The summed E-state index contributed by atoms with van der Waals surface area (Å²) in [6.07, 6.45) is 7.74. The van der Waals surface area contributed by atoms with E-state index >= 15 is 0 Å². The van der Waals surface area contributed by atoms with Gasteiger partial charge in [0, 0.05) is 61.8 Å². The first-order valence-electron chi connectivity index (χ1n) is 12.7. The van der Waals surface area contributed by atoms with Crippen molar-refractivity contribution in [2.75, 3.05) is 43.6 Å². The first-order valence-corrected chi connectivity index (χ1v) is 13.1. The number of aliphatic hydroxyl groups excluding tert-OH is 1. The molecule has 1 aliphatic heterocycles. The van der Waals surface area contributed by atoms with E-state index in [1.165, 1.54) is 0 Å². The fraction of sp³-hybridized carbons (Fsp3) is 0.577. The highest BCUT2D eigenvalue weighted by molar-refractivity contribution is 6.33. The average Bonchev–Trinajstić information content (AvgIpc) is 2.93. The lowest BCUT2D eigenvalue weighted by molar-refractivity contribution is 0.0517. The summed E-state index contributed by atoms with van der Waals surface area (Å²) in [5.74, 6) is 1.50. The number of aliphatic hydroxyl groups is 1. The van der Waals surface area contributed by atoms with Crippen LogP contribution < -0.4 is 16.0 Å². The monoisotopic (exact) mass is 518 g/mol. The summed E-state index contributed by atoms with van der Waals surface area (Å²) in [4.78, 5) is 9.25. The molecule has 8 nitrogen and oxygen atoms in total. The number of aromatic nitrogens is 2. The maximum absolute atomic E-state index is 12.5. The van der Waals surface area contributed by atoms with Crippen LogP contribution in [0.2, 0.25) is 5.02 Å². The van der Waals surface area contributed by atoms with E-state index < -0.39 is 12.8 Å². The van der Waals surface area contributed by atoms with Gasteiger partial charge in [-0.05, 0) is 56.7 Å². The van der Waals surface area contributed by atoms with Crippen molar-refractivity contribution in [3.05, 3.63) is 35.5 Å². The van der Waals surface area contributed by atoms with Crippen LogP contribution in [0.1, 0.15) is 38.5 Å². The third-order valence-electron chi connectivity index (χ3n) is 7.20. The molecule has 1 aliphatic carbocycles. The summed E-state index contributed by atoms with van der Waals surface area (Å²) < 4.78 is 17.9. The molecule has 5 N–H and O–H groups in total. The number of hydrogen-bond acceptors (Lipinski definition) is 8. The van der Waals surface area contributed by atoms with E-state index in [1.807, 2.05) is 24.3 Å². The van der Waals surface area contributed by atoms with Gasteiger partial charge < -0.3 is 31.2 Å². The third-order valence-corrected chi connectivity index (χ3v) is 7.50. The summed E-state index contributed by atoms with van der Waals surface area (Å²) in [6.45, 7) is 1.56. The Morgan fingerprint density at radius 1 is 1.19 bits per heavy atom. The minimum Gasteiger partial charge on any atom is -0.389 e. The number of alkyl halides is 1. The molecule has 0 spiro atoms. The van der Waals surface area contributed by atoms with Crippen molar-refractivity contribution in [3.8, 4) is 11.3 Å². The molecule has 10 heteroatoms. The Morgan fingerprint density at radius 2 is 1.94 bits per heavy atom. The largest absolute Gasteiger partial charge is 0.389 e. The molecule has 36 heavy (non-hydrogen) atoms. The van der Waals surface area contributed by atoms with Crippen molar-refractivity contribution in [1.29, 1.82) is 5.41 Å². The normalized spacial score (nSPS) is 22.5. The van der Waals surface area contributed by atoms with Gasteiger partial charge in [-0.1, -0.05) is 17.7 Å². The molecule has 2 aromatic heterocycles. The van der Waals surface area contributed by atoms with Gasteiger partial charge in [0.25, 0.3) is 0 Å². The number of halogens is 2. The van der Waals surface area contributed by atoms with Crippen LogP contribution in [0.5, 0.6) is 0 Å². The third kappa shape index (κ3) is 7.12. The highest BCUT2D eigenvalue weighted by atomic mass is 35.5. The molecule has 0 aromatic carbocycles. The second-order valence-corrected chi connectivity index (χ2v) is 10.2. The van der Waals surface area contributed by atoms with Crippen LogP contribution in [0.3, 0.4) is 0 Å². The first-order chi connectivity index (χ1) is 17.5. The van der Waals surface area contributed by atoms with E-state index in [0.717, 1.165) is 61.4 Å². The predicted molar refractivity (Wildman–Crippen MR) is 142 cm³/mol. The Labute approximate surface area is 216 Å². The molecule has 1 saturated heterocycles. The predicted octanol–water partition coefficient (Wildman–Crippen LogP) is 4.30. The van der Waals surface area contributed by atoms with Gasteiger partial charge in [-0.15, -0.1) is 0 Å². The zero-order valence-corrected chi connectivity index (χ0v) is 21.2. The van der Waals surface area contributed by atoms with Crippen LogP contribution in [-0.2, 0) is 4.74 Å². The maximum Gasteiger partial charge on any atom is 0.126 e. The number of anilines is 2. The van der Waals surface area contributed by atoms with E-state index in [0.29, 0.717) is 37.4 Å². The number of rotatable bonds is 11. The van der Waals surface area contributed by atoms with E-state index in [9.17, 15) is 9.50 Å². The van der Waals surface area contributed by atoms with E-state index in [1.54, 1.807) is 12.4 Å². The fourth-order valence-electron chi connectivity index (χ4n) is 4.82. The number of hydrogen-bond donors (Lipinski definition) is 5. The summed E-state index contributed by atoms with van der Waals surface area (Å²) >= 11 is 6.51. The van der Waals surface area contributed by atoms with E-state index in [4.69, 9.17) is 26.7 Å². The van der Waals surface area contributed by atoms with Gasteiger partial charge in [-0.2, -0.15) is 0 Å². The van der Waals surface area contributed by atoms with Gasteiger partial charge in [-0.25, -0.2) is 14.4 Å². The maximum atomic E-state index is 12.5. The van der Waals surface area contributed by atoms with Crippen molar-refractivity contribution in [2.24, 2.45) is 5.41 Å². The highest BCUT2D eigenvalue weighted by Crippen LogP contribution is 2.31. The Hall–Kier alpha value is -2.33. The molecule has 1 saturated carbocycles. The van der Waals surface area contributed by atoms with Crippen LogP contribution in [0.15, 0.2) is 30.5 Å². The molecule has 1 atom stereocenters. The lowest BCUT2D eigenvalue weighted by Crippen LogP contribution is -2.40. The Kier molecular flexibility index (Phi) is 9.47. The molecule has 4 rings (SSSR count). The molecule has 0 amide bonds. The van der Waals surface area contributed by atoms with Gasteiger partial charge in [0.15, 0.2) is 0 Å². The van der Waals surface area contributed by atoms with Gasteiger partial charge in [-0.3, -0.25) is 0 Å². The van der Waals surface area contributed by atoms with Crippen LogP contribution in [0, 0.1) is 10.8 Å². The summed E-state index contributed by atoms with van der Waals surface area (Å²) in [7, 11) is 0. The molecule has 2 aromatic rings. The zero-order valence-electron chi connectivity index (χ0n) is 20.5. The Balaban J connectivity index is 1.36. The average molecular weight is 519 g/mol. The van der Waals surface area contributed by atoms with Crippen molar-refractivity contribution < 1.29 is 14.2 Å². The lowest BCUT2D eigenvalue weighted by Gasteiger charge is -2.33. The number of ether oxygens (including phenoxy) is 1. The molecule has 0 radical (unpaired) electrons. The Bertz CT molecular complexity index is 998. The Morgan fingerprint density at radius 3 is 2.67 bits per heavy atom. The minimum atomic E-state index is -0.932. The lowest BCUT2D eigenvalue weighted by atomic mass is 9.81. The standard InChI is InChI=1S/C26H36ClFN6O2/c27-22-15-31-25(33-19-6-4-18(5-7-19)30-14-20(35)13-28)12-21(22)23-2-1-3-24(34-23)32-17-26(16-29)8-10-36-11-9-26/h1-3,12,15-16,18-20,29-30,35H,4-11,13-14,17H2,(H,31,33)(H,32,34)/t18-,19-,20?. The van der Waals surface area contributed by atoms with Gasteiger partial charge >= 0.3 is 0 Å². The zero-order chi connectivity index (χ0) is 25.4. The van der Waals surface area contributed by atoms with Crippen LogP contribution in [-0.4, -0.2) is 72.5 Å². The molecule has 0 bridgehead atoms. The molecule has 2 fully saturated rings. The van der Waals surface area contributed by atoms with Crippen molar-refractivity contribution >= 4 is 29.5 Å². The summed E-state index contributed by atoms with van der Waals surface area (Å²) in [6, 6.07) is 8.32. The highest BCUT2D eigenvalue weighted by Gasteiger charge is 2.30. The minimum absolute atomic E-state index is 0.205. The number of pyridine rings is 2. The number of nitrogens with one attached hydrogen (secondary N) is 4. The SMILES string of the molecule is N=CC1(CNc2cccc(-c3cc(N[C@H]4CC[C@H](NCC(O)CF)CC4)ncc3Cl)n2)CCOCC1. The molecule has 196 valence electrons. The summed E-state index contributed by atoms with van der Waals surface area (Å²) in [5, 5.41) is 28.0. The van der Waals surface area contributed by atoms with E-state index in [-0.39, 0.29) is 11.5 Å². The summed E-state index contributed by atoms with van der Waals surface area (Å²) in [5.41, 5.74) is 1.36.